The number of amides is 1. The summed E-state index contributed by atoms with van der Waals surface area (Å²) in [5.74, 6) is 0.418. The number of hydrogen-bond donors (Lipinski definition) is 2. The molecule has 2 rings (SSSR count). The highest BCUT2D eigenvalue weighted by Crippen LogP contribution is 2.32. The Morgan fingerprint density at radius 1 is 1.20 bits per heavy atom. The molecule has 1 aliphatic rings. The van der Waals surface area contributed by atoms with E-state index in [4.69, 9.17) is 0 Å². The summed E-state index contributed by atoms with van der Waals surface area (Å²) in [4.78, 5) is 11.4. The molecule has 0 fully saturated rings. The van der Waals surface area contributed by atoms with E-state index < -0.39 is 6.10 Å². The van der Waals surface area contributed by atoms with Gasteiger partial charge in [0.15, 0.2) is 0 Å². The second-order valence-corrected chi connectivity index (χ2v) is 5.75. The minimum absolute atomic E-state index is 0.0839. The minimum atomic E-state index is -0.391. The molecule has 0 aliphatic carbocycles. The highest BCUT2D eigenvalue weighted by atomic mass is 16.3. The van der Waals surface area contributed by atoms with E-state index in [0.29, 0.717) is 12.3 Å². The van der Waals surface area contributed by atoms with Crippen molar-refractivity contribution in [3.05, 3.63) is 29.3 Å². The van der Waals surface area contributed by atoms with Crippen LogP contribution in [0, 0.1) is 5.92 Å². The summed E-state index contributed by atoms with van der Waals surface area (Å²) in [5.41, 5.74) is 3.04. The Labute approximate surface area is 121 Å². The SMILES string of the molecule is CCCC(CCC)C(O)c1ccc2c(c1)CCC(=O)N2. The summed E-state index contributed by atoms with van der Waals surface area (Å²) in [6.07, 6.45) is 5.24. The number of fused-ring (bicyclic) bond motifs is 1. The predicted octanol–water partition coefficient (Wildman–Crippen LogP) is 3.82. The van der Waals surface area contributed by atoms with Gasteiger partial charge in [0.1, 0.15) is 0 Å². The van der Waals surface area contributed by atoms with Gasteiger partial charge in [-0.3, -0.25) is 4.79 Å². The molecule has 0 radical (unpaired) electrons. The van der Waals surface area contributed by atoms with Crippen LogP contribution in [0.15, 0.2) is 18.2 Å². The lowest BCUT2D eigenvalue weighted by molar-refractivity contribution is -0.116. The van der Waals surface area contributed by atoms with Crippen LogP contribution in [-0.2, 0) is 11.2 Å². The van der Waals surface area contributed by atoms with Gasteiger partial charge in [0.2, 0.25) is 5.91 Å². The first kappa shape index (κ1) is 15.0. The highest BCUT2D eigenvalue weighted by molar-refractivity contribution is 5.93. The van der Waals surface area contributed by atoms with Crippen molar-refractivity contribution >= 4 is 11.6 Å². The van der Waals surface area contributed by atoms with Crippen LogP contribution in [0.5, 0.6) is 0 Å². The third kappa shape index (κ3) is 3.40. The molecule has 1 atom stereocenters. The molecular weight excluding hydrogens is 250 g/mol. The number of hydrogen-bond acceptors (Lipinski definition) is 2. The molecule has 20 heavy (non-hydrogen) atoms. The Kier molecular flexibility index (Phi) is 5.18. The van der Waals surface area contributed by atoms with E-state index in [1.807, 2.05) is 12.1 Å². The Balaban J connectivity index is 2.17. The number of carbonyl (C=O) groups excluding carboxylic acids is 1. The number of nitrogens with one attached hydrogen (secondary N) is 1. The van der Waals surface area contributed by atoms with Crippen molar-refractivity contribution in [2.24, 2.45) is 5.92 Å². The first-order chi connectivity index (χ1) is 9.65. The summed E-state index contributed by atoms with van der Waals surface area (Å²) in [6, 6.07) is 5.95. The lowest BCUT2D eigenvalue weighted by atomic mass is 9.87. The highest BCUT2D eigenvalue weighted by Gasteiger charge is 2.22. The van der Waals surface area contributed by atoms with E-state index in [1.165, 1.54) is 0 Å². The van der Waals surface area contributed by atoms with Crippen LogP contribution in [-0.4, -0.2) is 11.0 Å². The fourth-order valence-corrected chi connectivity index (χ4v) is 3.06. The van der Waals surface area contributed by atoms with Crippen LogP contribution in [0.2, 0.25) is 0 Å². The Bertz CT molecular complexity index is 464. The Hall–Kier alpha value is -1.35. The molecule has 0 saturated carbocycles. The number of anilines is 1. The quantitative estimate of drug-likeness (QED) is 0.829. The summed E-state index contributed by atoms with van der Waals surface area (Å²) in [6.45, 7) is 4.33. The van der Waals surface area contributed by atoms with Crippen molar-refractivity contribution in [2.75, 3.05) is 5.32 Å². The van der Waals surface area contributed by atoms with Crippen LogP contribution in [0.4, 0.5) is 5.69 Å². The number of aliphatic hydroxyl groups is 1. The number of rotatable bonds is 6. The summed E-state index contributed by atoms with van der Waals surface area (Å²) >= 11 is 0. The number of carbonyl (C=O) groups is 1. The monoisotopic (exact) mass is 275 g/mol. The minimum Gasteiger partial charge on any atom is -0.388 e. The average Bonchev–Trinajstić information content (AvgIpc) is 2.45. The molecule has 0 aromatic heterocycles. The molecule has 1 aromatic carbocycles. The fraction of sp³-hybridized carbons (Fsp3) is 0.588. The van der Waals surface area contributed by atoms with Crippen molar-refractivity contribution < 1.29 is 9.90 Å². The summed E-state index contributed by atoms with van der Waals surface area (Å²) in [5, 5.41) is 13.5. The van der Waals surface area contributed by atoms with Gasteiger partial charge in [0, 0.05) is 12.1 Å². The molecule has 3 nitrogen and oxygen atoms in total. The lowest BCUT2D eigenvalue weighted by Crippen LogP contribution is -2.20. The third-order valence-corrected chi connectivity index (χ3v) is 4.13. The van der Waals surface area contributed by atoms with Gasteiger partial charge in [0.05, 0.1) is 6.10 Å². The smallest absolute Gasteiger partial charge is 0.224 e. The summed E-state index contributed by atoms with van der Waals surface area (Å²) < 4.78 is 0. The van der Waals surface area contributed by atoms with E-state index in [1.54, 1.807) is 0 Å². The zero-order valence-electron chi connectivity index (χ0n) is 12.5. The molecule has 1 heterocycles. The van der Waals surface area contributed by atoms with E-state index in [0.717, 1.165) is 48.9 Å². The summed E-state index contributed by atoms with van der Waals surface area (Å²) in [7, 11) is 0. The van der Waals surface area contributed by atoms with Crippen LogP contribution < -0.4 is 5.32 Å². The van der Waals surface area contributed by atoms with E-state index in [2.05, 4.69) is 25.2 Å². The maximum absolute atomic E-state index is 11.4. The first-order valence-electron chi connectivity index (χ1n) is 7.76. The van der Waals surface area contributed by atoms with Crippen molar-refractivity contribution in [2.45, 2.75) is 58.5 Å². The van der Waals surface area contributed by atoms with Crippen molar-refractivity contribution in [1.29, 1.82) is 0 Å². The Morgan fingerprint density at radius 3 is 2.55 bits per heavy atom. The lowest BCUT2D eigenvalue weighted by Gasteiger charge is -2.24. The number of aliphatic hydroxyl groups excluding tert-OH is 1. The largest absolute Gasteiger partial charge is 0.388 e. The molecule has 2 N–H and O–H groups in total. The Morgan fingerprint density at radius 2 is 1.90 bits per heavy atom. The fourth-order valence-electron chi connectivity index (χ4n) is 3.06. The van der Waals surface area contributed by atoms with Crippen LogP contribution in [0.1, 0.15) is 63.2 Å². The average molecular weight is 275 g/mol. The number of benzene rings is 1. The third-order valence-electron chi connectivity index (χ3n) is 4.13. The molecule has 110 valence electrons. The van der Waals surface area contributed by atoms with Gasteiger partial charge in [-0.2, -0.15) is 0 Å². The topological polar surface area (TPSA) is 49.3 Å². The maximum Gasteiger partial charge on any atom is 0.224 e. The van der Waals surface area contributed by atoms with Gasteiger partial charge < -0.3 is 10.4 Å². The van der Waals surface area contributed by atoms with Crippen LogP contribution in [0.3, 0.4) is 0 Å². The number of aryl methyl sites for hydroxylation is 1. The molecule has 3 heteroatoms. The van der Waals surface area contributed by atoms with Gasteiger partial charge in [-0.05, 0) is 42.4 Å². The van der Waals surface area contributed by atoms with Crippen LogP contribution >= 0.6 is 0 Å². The van der Waals surface area contributed by atoms with Gasteiger partial charge in [-0.15, -0.1) is 0 Å². The van der Waals surface area contributed by atoms with E-state index in [9.17, 15) is 9.90 Å². The molecule has 1 unspecified atom stereocenters. The van der Waals surface area contributed by atoms with Crippen LogP contribution in [0.25, 0.3) is 0 Å². The van der Waals surface area contributed by atoms with Gasteiger partial charge in [0.25, 0.3) is 0 Å². The molecule has 0 bridgehead atoms. The first-order valence-corrected chi connectivity index (χ1v) is 7.76. The predicted molar refractivity (Wildman–Crippen MR) is 81.7 cm³/mol. The standard InChI is InChI=1S/C17H25NO2/c1-3-5-12(6-4-2)17(20)14-7-9-15-13(11-14)8-10-16(19)18-15/h7,9,11-12,17,20H,3-6,8,10H2,1-2H3,(H,18,19). The van der Waals surface area contributed by atoms with Gasteiger partial charge in [-0.25, -0.2) is 0 Å². The van der Waals surface area contributed by atoms with E-state index >= 15 is 0 Å². The van der Waals surface area contributed by atoms with Crippen molar-refractivity contribution in [3.8, 4) is 0 Å². The van der Waals surface area contributed by atoms with Gasteiger partial charge >= 0.3 is 0 Å². The van der Waals surface area contributed by atoms with E-state index in [-0.39, 0.29) is 5.91 Å². The normalized spacial score (nSPS) is 15.9. The molecule has 1 aromatic rings. The molecule has 1 amide bonds. The molecule has 0 saturated heterocycles. The zero-order chi connectivity index (χ0) is 14.5. The maximum atomic E-state index is 11.4. The molecular formula is C17H25NO2. The van der Waals surface area contributed by atoms with Gasteiger partial charge in [-0.1, -0.05) is 38.8 Å². The van der Waals surface area contributed by atoms with Crippen molar-refractivity contribution in [1.82, 2.24) is 0 Å². The zero-order valence-corrected chi connectivity index (χ0v) is 12.5. The molecule has 1 aliphatic heterocycles. The second kappa shape index (κ2) is 6.89. The molecule has 0 spiro atoms. The second-order valence-electron chi connectivity index (χ2n) is 5.75. The van der Waals surface area contributed by atoms with Crippen molar-refractivity contribution in [3.63, 3.8) is 0 Å².